The highest BCUT2D eigenvalue weighted by Crippen LogP contribution is 2.17. The van der Waals surface area contributed by atoms with Gasteiger partial charge in [0.25, 0.3) is 5.69 Å². The van der Waals surface area contributed by atoms with Crippen LogP contribution >= 0.6 is 0 Å². The quantitative estimate of drug-likeness (QED) is 0.376. The van der Waals surface area contributed by atoms with E-state index in [-0.39, 0.29) is 18.5 Å². The number of nitrogens with two attached hydrogens (primary N) is 1. The lowest BCUT2D eigenvalue weighted by Gasteiger charge is -2.16. The van der Waals surface area contributed by atoms with E-state index in [9.17, 15) is 19.7 Å². The van der Waals surface area contributed by atoms with Crippen LogP contribution in [0.4, 0.5) is 5.69 Å². The minimum atomic E-state index is -0.925. The highest BCUT2D eigenvalue weighted by atomic mass is 16.6. The lowest BCUT2D eigenvalue weighted by atomic mass is 10.0. The number of primary amides is 1. The third-order valence-corrected chi connectivity index (χ3v) is 4.75. The smallest absolute Gasteiger partial charge is 0.269 e. The molecule has 1 atom stereocenters. The molecule has 3 N–H and O–H groups in total. The Balaban J connectivity index is 1.61. The van der Waals surface area contributed by atoms with Crippen LogP contribution in [-0.4, -0.2) is 22.8 Å². The Morgan fingerprint density at radius 3 is 2.34 bits per heavy atom. The predicted molar refractivity (Wildman–Crippen MR) is 119 cm³/mol. The Hall–Kier alpha value is -4.20. The Bertz CT molecular complexity index is 1100. The number of ether oxygens (including phenoxy) is 1. The van der Waals surface area contributed by atoms with Crippen LogP contribution < -0.4 is 15.8 Å². The van der Waals surface area contributed by atoms with Crippen molar-refractivity contribution in [2.75, 3.05) is 0 Å². The number of benzene rings is 3. The third kappa shape index (κ3) is 6.66. The van der Waals surface area contributed by atoms with Crippen molar-refractivity contribution in [2.45, 2.75) is 25.5 Å². The van der Waals surface area contributed by atoms with Gasteiger partial charge in [-0.25, -0.2) is 0 Å². The van der Waals surface area contributed by atoms with Gasteiger partial charge < -0.3 is 15.8 Å². The molecule has 164 valence electrons. The molecule has 0 fully saturated rings. The van der Waals surface area contributed by atoms with Crippen molar-refractivity contribution in [3.63, 3.8) is 0 Å². The largest absolute Gasteiger partial charge is 0.489 e. The highest BCUT2D eigenvalue weighted by Gasteiger charge is 2.19. The molecule has 0 aliphatic carbocycles. The molecule has 0 heterocycles. The van der Waals surface area contributed by atoms with Gasteiger partial charge in [-0.3, -0.25) is 19.7 Å². The summed E-state index contributed by atoms with van der Waals surface area (Å²) in [7, 11) is 0. The lowest BCUT2D eigenvalue weighted by Crippen LogP contribution is -2.46. The number of nitrogens with zero attached hydrogens (tertiary/aromatic N) is 1. The van der Waals surface area contributed by atoms with Crippen LogP contribution in [0.3, 0.4) is 0 Å². The molecule has 3 aromatic rings. The topological polar surface area (TPSA) is 125 Å². The number of hydrogen-bond acceptors (Lipinski definition) is 5. The average molecular weight is 433 g/mol. The van der Waals surface area contributed by atoms with E-state index in [1.165, 1.54) is 18.2 Å². The van der Waals surface area contributed by atoms with Crippen molar-refractivity contribution in [2.24, 2.45) is 5.73 Å². The summed E-state index contributed by atoms with van der Waals surface area (Å²) in [5.74, 6) is -0.490. The Morgan fingerprint density at radius 2 is 1.62 bits per heavy atom. The van der Waals surface area contributed by atoms with Gasteiger partial charge >= 0.3 is 0 Å². The first-order chi connectivity index (χ1) is 15.4. The second kappa shape index (κ2) is 10.7. The number of carbonyl (C=O) groups is 2. The molecule has 32 heavy (non-hydrogen) atoms. The molecule has 8 nitrogen and oxygen atoms in total. The van der Waals surface area contributed by atoms with Gasteiger partial charge in [0.05, 0.1) is 11.3 Å². The van der Waals surface area contributed by atoms with Crippen LogP contribution in [-0.2, 0) is 29.0 Å². The van der Waals surface area contributed by atoms with E-state index in [2.05, 4.69) is 5.32 Å². The van der Waals surface area contributed by atoms with Crippen molar-refractivity contribution in [3.8, 4) is 5.75 Å². The van der Waals surface area contributed by atoms with Crippen molar-refractivity contribution in [1.82, 2.24) is 5.32 Å². The van der Waals surface area contributed by atoms with Gasteiger partial charge in [0.1, 0.15) is 18.4 Å². The summed E-state index contributed by atoms with van der Waals surface area (Å²) < 4.78 is 5.81. The summed E-state index contributed by atoms with van der Waals surface area (Å²) in [6.07, 6.45) is 0.0875. The van der Waals surface area contributed by atoms with Crippen molar-refractivity contribution >= 4 is 17.5 Å². The van der Waals surface area contributed by atoms with E-state index < -0.39 is 22.8 Å². The van der Waals surface area contributed by atoms with Gasteiger partial charge in [0.15, 0.2) is 0 Å². The lowest BCUT2D eigenvalue weighted by molar-refractivity contribution is -0.384. The molecule has 0 spiro atoms. The number of carbonyl (C=O) groups excluding carboxylic acids is 2. The van der Waals surface area contributed by atoms with Crippen LogP contribution in [0.15, 0.2) is 78.9 Å². The highest BCUT2D eigenvalue weighted by molar-refractivity contribution is 5.87. The van der Waals surface area contributed by atoms with Gasteiger partial charge in [-0.2, -0.15) is 0 Å². The van der Waals surface area contributed by atoms with Crippen molar-refractivity contribution in [3.05, 3.63) is 106 Å². The number of nitro benzene ring substituents is 1. The second-order valence-corrected chi connectivity index (χ2v) is 7.25. The van der Waals surface area contributed by atoms with E-state index in [1.54, 1.807) is 18.2 Å². The van der Waals surface area contributed by atoms with Crippen LogP contribution in [0.1, 0.15) is 16.7 Å². The molecule has 8 heteroatoms. The molecule has 0 unspecified atom stereocenters. The minimum Gasteiger partial charge on any atom is -0.489 e. The molecule has 0 aliphatic heterocycles. The number of amides is 2. The van der Waals surface area contributed by atoms with Crippen molar-refractivity contribution < 1.29 is 19.2 Å². The molecule has 3 rings (SSSR count). The fraction of sp³-hybridized carbons (Fsp3) is 0.167. The monoisotopic (exact) mass is 433 g/mol. The molecular formula is C24H23N3O5. The number of non-ortho nitro benzene ring substituents is 1. The van der Waals surface area contributed by atoms with Gasteiger partial charge in [-0.05, 0) is 28.8 Å². The fourth-order valence-electron chi connectivity index (χ4n) is 3.17. The van der Waals surface area contributed by atoms with Gasteiger partial charge in [0, 0.05) is 18.6 Å². The summed E-state index contributed by atoms with van der Waals surface area (Å²) in [4.78, 5) is 34.7. The zero-order valence-corrected chi connectivity index (χ0v) is 17.3. The summed E-state index contributed by atoms with van der Waals surface area (Å²) in [6.45, 7) is 0.406. The molecule has 0 saturated carbocycles. The maximum absolute atomic E-state index is 12.4. The predicted octanol–water partition coefficient (Wildman–Crippen LogP) is 2.93. The maximum Gasteiger partial charge on any atom is 0.269 e. The Labute approximate surface area is 185 Å². The van der Waals surface area contributed by atoms with E-state index in [1.807, 2.05) is 42.5 Å². The first-order valence-corrected chi connectivity index (χ1v) is 9.98. The molecule has 0 aliphatic rings. The maximum atomic E-state index is 12.4. The van der Waals surface area contributed by atoms with Gasteiger partial charge in [0.2, 0.25) is 11.8 Å². The summed E-state index contributed by atoms with van der Waals surface area (Å²) in [6, 6.07) is 21.8. The standard InChI is InChI=1S/C24H23N3O5/c25-24(29)22(26-23(28)15-18-8-4-10-20(12-18)27(30)31)14-19-9-5-11-21(13-19)32-16-17-6-2-1-3-7-17/h1-13,22H,14-16H2,(H2,25,29)(H,26,28)/t22-/m0/s1. The van der Waals surface area contributed by atoms with E-state index in [4.69, 9.17) is 10.5 Å². The number of rotatable bonds is 10. The fourth-order valence-corrected chi connectivity index (χ4v) is 3.17. The SMILES string of the molecule is NC(=O)[C@H](Cc1cccc(OCc2ccccc2)c1)NC(=O)Cc1cccc([N+](=O)[O-])c1. The molecule has 0 bridgehead atoms. The van der Waals surface area contributed by atoms with Crippen molar-refractivity contribution in [1.29, 1.82) is 0 Å². The Morgan fingerprint density at radius 1 is 0.938 bits per heavy atom. The molecular weight excluding hydrogens is 410 g/mol. The first-order valence-electron chi connectivity index (χ1n) is 9.98. The van der Waals surface area contributed by atoms with Crippen LogP contribution in [0.5, 0.6) is 5.75 Å². The minimum absolute atomic E-state index is 0.103. The molecule has 0 radical (unpaired) electrons. The molecule has 3 aromatic carbocycles. The van der Waals surface area contributed by atoms with E-state index in [0.717, 1.165) is 11.1 Å². The normalized spacial score (nSPS) is 11.4. The van der Waals surface area contributed by atoms with Gasteiger partial charge in [-0.1, -0.05) is 54.6 Å². The zero-order chi connectivity index (χ0) is 22.9. The van der Waals surface area contributed by atoms with Crippen LogP contribution in [0, 0.1) is 10.1 Å². The van der Waals surface area contributed by atoms with Crippen LogP contribution in [0.25, 0.3) is 0 Å². The number of nitro groups is 1. The second-order valence-electron chi connectivity index (χ2n) is 7.25. The summed E-state index contributed by atoms with van der Waals surface area (Å²) >= 11 is 0. The summed E-state index contributed by atoms with van der Waals surface area (Å²) in [5, 5.41) is 13.5. The molecule has 0 saturated heterocycles. The summed E-state index contributed by atoms with van der Waals surface area (Å²) in [5.41, 5.74) is 7.66. The van der Waals surface area contributed by atoms with Gasteiger partial charge in [-0.15, -0.1) is 0 Å². The zero-order valence-electron chi connectivity index (χ0n) is 17.3. The average Bonchev–Trinajstić information content (AvgIpc) is 2.78. The van der Waals surface area contributed by atoms with E-state index >= 15 is 0 Å². The number of hydrogen-bond donors (Lipinski definition) is 2. The first kappa shape index (κ1) is 22.5. The number of nitrogens with one attached hydrogen (secondary N) is 1. The third-order valence-electron chi connectivity index (χ3n) is 4.75. The Kier molecular flexibility index (Phi) is 7.53. The molecule has 0 aromatic heterocycles. The van der Waals surface area contributed by atoms with Crippen LogP contribution in [0.2, 0.25) is 0 Å². The molecule has 2 amide bonds. The van der Waals surface area contributed by atoms with E-state index in [0.29, 0.717) is 17.9 Å².